The van der Waals surface area contributed by atoms with E-state index < -0.39 is 17.3 Å². The van der Waals surface area contributed by atoms with Crippen LogP contribution in [-0.2, 0) is 12.6 Å². The molecule has 0 spiro atoms. The van der Waals surface area contributed by atoms with Crippen LogP contribution in [0.1, 0.15) is 30.9 Å². The van der Waals surface area contributed by atoms with Gasteiger partial charge in [0.25, 0.3) is 0 Å². The van der Waals surface area contributed by atoms with Gasteiger partial charge in [0.15, 0.2) is 0 Å². The zero-order valence-electron chi connectivity index (χ0n) is 11.5. The molecule has 0 amide bonds. The Kier molecular flexibility index (Phi) is 3.19. The second-order valence-electron chi connectivity index (χ2n) is 5.39. The minimum absolute atomic E-state index is 0.0533. The maximum Gasteiger partial charge on any atom is 0.417 e. The summed E-state index contributed by atoms with van der Waals surface area (Å²) in [4.78, 5) is 14.0. The van der Waals surface area contributed by atoms with E-state index in [-0.39, 0.29) is 10.9 Å². The van der Waals surface area contributed by atoms with Gasteiger partial charge in [0.05, 0.1) is 11.1 Å². The molecular weight excluding hydrogens is 281 g/mol. The van der Waals surface area contributed by atoms with Crippen molar-refractivity contribution in [2.45, 2.75) is 38.4 Å². The Labute approximate surface area is 119 Å². The van der Waals surface area contributed by atoms with Gasteiger partial charge in [0.1, 0.15) is 0 Å². The van der Waals surface area contributed by atoms with Crippen LogP contribution >= 0.6 is 0 Å². The number of benzene rings is 1. The summed E-state index contributed by atoms with van der Waals surface area (Å²) in [5.74, 6) is 0. The fourth-order valence-electron chi connectivity index (χ4n) is 2.85. The highest BCUT2D eigenvalue weighted by Gasteiger charge is 2.33. The van der Waals surface area contributed by atoms with Gasteiger partial charge < -0.3 is 10.3 Å². The second kappa shape index (κ2) is 4.79. The Morgan fingerprint density at radius 1 is 1.29 bits per heavy atom. The summed E-state index contributed by atoms with van der Waals surface area (Å²) in [7, 11) is 0. The molecule has 1 atom stereocenters. The Morgan fingerprint density at radius 3 is 2.71 bits per heavy atom. The number of aromatic nitrogens is 1. The van der Waals surface area contributed by atoms with Gasteiger partial charge in [-0.3, -0.25) is 4.79 Å². The molecule has 2 heterocycles. The van der Waals surface area contributed by atoms with Crippen molar-refractivity contribution < 1.29 is 13.2 Å². The lowest BCUT2D eigenvalue weighted by Gasteiger charge is -2.27. The average Bonchev–Trinajstić information content (AvgIpc) is 2.42. The number of hydrogen-bond acceptors (Lipinski definition) is 2. The molecule has 0 fully saturated rings. The highest BCUT2D eigenvalue weighted by molar-refractivity contribution is 5.87. The molecule has 2 aromatic rings. The first kappa shape index (κ1) is 14.0. The molecule has 0 radical (unpaired) electrons. The minimum atomic E-state index is -4.53. The van der Waals surface area contributed by atoms with Crippen LogP contribution in [-0.4, -0.2) is 11.0 Å². The number of pyridine rings is 1. The maximum atomic E-state index is 13.1. The molecule has 1 aliphatic rings. The van der Waals surface area contributed by atoms with Crippen LogP contribution in [0.3, 0.4) is 0 Å². The molecule has 3 rings (SSSR count). The normalized spacial score (nSPS) is 18.4. The van der Waals surface area contributed by atoms with E-state index in [0.29, 0.717) is 12.1 Å². The molecule has 0 unspecified atom stereocenters. The first-order valence-corrected chi connectivity index (χ1v) is 6.92. The zero-order chi connectivity index (χ0) is 15.2. The lowest BCUT2D eigenvalue weighted by atomic mass is 9.94. The number of halogens is 3. The van der Waals surface area contributed by atoms with Crippen molar-refractivity contribution in [1.29, 1.82) is 0 Å². The van der Waals surface area contributed by atoms with Crippen molar-refractivity contribution in [2.24, 2.45) is 0 Å². The number of aryl methyl sites for hydroxylation is 1. The monoisotopic (exact) mass is 296 g/mol. The van der Waals surface area contributed by atoms with Gasteiger partial charge in [0, 0.05) is 23.2 Å². The highest BCUT2D eigenvalue weighted by atomic mass is 19.4. The lowest BCUT2D eigenvalue weighted by Crippen LogP contribution is -2.24. The van der Waals surface area contributed by atoms with Crippen molar-refractivity contribution in [3.05, 3.63) is 39.7 Å². The van der Waals surface area contributed by atoms with Crippen molar-refractivity contribution in [1.82, 2.24) is 4.98 Å². The van der Waals surface area contributed by atoms with Crippen LogP contribution in [0.4, 0.5) is 18.9 Å². The van der Waals surface area contributed by atoms with Gasteiger partial charge in [-0.1, -0.05) is 6.92 Å². The van der Waals surface area contributed by atoms with E-state index in [0.717, 1.165) is 30.5 Å². The standard InChI is InChI=1S/C15H15F3N2O/c1-2-9-4-3-8-5-10-11(15(16,17)18)6-14(21)20-13(10)7-12(8)19-9/h5-7,9,19H,2-4H2,1H3,(H,20,21)/t9-/m1/s1. The third-order valence-electron chi connectivity index (χ3n) is 3.99. The molecular formula is C15H15F3N2O. The topological polar surface area (TPSA) is 44.9 Å². The molecule has 1 aromatic heterocycles. The van der Waals surface area contributed by atoms with Crippen LogP contribution in [0.25, 0.3) is 10.9 Å². The van der Waals surface area contributed by atoms with Gasteiger partial charge in [-0.05, 0) is 37.0 Å². The first-order chi connectivity index (χ1) is 9.88. The Balaban J connectivity index is 2.23. The SMILES string of the molecule is CC[C@@H]1CCc2cc3c(C(F)(F)F)cc(=O)[nH]c3cc2N1. The van der Waals surface area contributed by atoms with Gasteiger partial charge in [-0.2, -0.15) is 13.2 Å². The van der Waals surface area contributed by atoms with E-state index in [1.54, 1.807) is 12.1 Å². The number of aromatic amines is 1. The number of hydrogen-bond donors (Lipinski definition) is 2. The van der Waals surface area contributed by atoms with Crippen LogP contribution in [0.2, 0.25) is 0 Å². The van der Waals surface area contributed by atoms with Crippen LogP contribution < -0.4 is 10.9 Å². The third kappa shape index (κ3) is 2.50. The predicted octanol–water partition coefficient (Wildman–Crippen LogP) is 3.68. The van der Waals surface area contributed by atoms with Gasteiger partial charge in [0.2, 0.25) is 5.56 Å². The smallest absolute Gasteiger partial charge is 0.382 e. The summed E-state index contributed by atoms with van der Waals surface area (Å²) in [6.45, 7) is 2.06. The summed E-state index contributed by atoms with van der Waals surface area (Å²) >= 11 is 0. The molecule has 0 bridgehead atoms. The quantitative estimate of drug-likeness (QED) is 0.843. The lowest BCUT2D eigenvalue weighted by molar-refractivity contribution is -0.136. The van der Waals surface area contributed by atoms with E-state index >= 15 is 0 Å². The molecule has 2 N–H and O–H groups in total. The second-order valence-corrected chi connectivity index (χ2v) is 5.39. The number of nitrogens with one attached hydrogen (secondary N) is 2. The van der Waals surface area contributed by atoms with Crippen molar-refractivity contribution in [3.8, 4) is 0 Å². The van der Waals surface area contributed by atoms with Crippen molar-refractivity contribution in [2.75, 3.05) is 5.32 Å². The van der Waals surface area contributed by atoms with E-state index in [4.69, 9.17) is 0 Å². The fourth-order valence-corrected chi connectivity index (χ4v) is 2.85. The summed E-state index contributed by atoms with van der Waals surface area (Å²) in [5, 5.41) is 3.37. The molecule has 0 saturated heterocycles. The maximum absolute atomic E-state index is 13.1. The molecule has 21 heavy (non-hydrogen) atoms. The average molecular weight is 296 g/mol. The summed E-state index contributed by atoms with van der Waals surface area (Å²) in [6.07, 6.45) is -1.93. The van der Waals surface area contributed by atoms with E-state index in [2.05, 4.69) is 17.2 Å². The number of fused-ring (bicyclic) bond motifs is 2. The molecule has 0 aliphatic carbocycles. The Morgan fingerprint density at radius 2 is 2.05 bits per heavy atom. The molecule has 1 aliphatic heterocycles. The molecule has 3 nitrogen and oxygen atoms in total. The molecule has 6 heteroatoms. The number of anilines is 1. The molecule has 1 aromatic carbocycles. The third-order valence-corrected chi connectivity index (χ3v) is 3.99. The van der Waals surface area contributed by atoms with Crippen molar-refractivity contribution >= 4 is 16.6 Å². The van der Waals surface area contributed by atoms with E-state index in [1.807, 2.05) is 0 Å². The summed E-state index contributed by atoms with van der Waals surface area (Å²) < 4.78 is 39.2. The van der Waals surface area contributed by atoms with Gasteiger partial charge in [-0.15, -0.1) is 0 Å². The fraction of sp³-hybridized carbons (Fsp3) is 0.400. The number of rotatable bonds is 1. The van der Waals surface area contributed by atoms with Gasteiger partial charge in [-0.25, -0.2) is 0 Å². The van der Waals surface area contributed by atoms with Crippen molar-refractivity contribution in [3.63, 3.8) is 0 Å². The number of H-pyrrole nitrogens is 1. The molecule has 112 valence electrons. The minimum Gasteiger partial charge on any atom is -0.382 e. The van der Waals surface area contributed by atoms with Crippen LogP contribution in [0.5, 0.6) is 0 Å². The van der Waals surface area contributed by atoms with E-state index in [9.17, 15) is 18.0 Å². The summed E-state index contributed by atoms with van der Waals surface area (Å²) in [6, 6.07) is 4.11. The summed E-state index contributed by atoms with van der Waals surface area (Å²) in [5.41, 5.74) is 0.289. The van der Waals surface area contributed by atoms with Crippen LogP contribution in [0.15, 0.2) is 23.0 Å². The van der Waals surface area contributed by atoms with Gasteiger partial charge >= 0.3 is 6.18 Å². The predicted molar refractivity (Wildman–Crippen MR) is 75.6 cm³/mol. The van der Waals surface area contributed by atoms with Crippen LogP contribution in [0, 0.1) is 0 Å². The van der Waals surface area contributed by atoms with E-state index in [1.165, 1.54) is 0 Å². The largest absolute Gasteiger partial charge is 0.417 e. The number of alkyl halides is 3. The zero-order valence-corrected chi connectivity index (χ0v) is 11.5. The highest BCUT2D eigenvalue weighted by Crippen LogP contribution is 2.36. The Hall–Kier alpha value is -1.98. The Bertz CT molecular complexity index is 749. The first-order valence-electron chi connectivity index (χ1n) is 6.92. The molecule has 0 saturated carbocycles.